The van der Waals surface area contributed by atoms with Crippen LogP contribution in [-0.2, 0) is 0 Å². The lowest BCUT2D eigenvalue weighted by Gasteiger charge is -2.29. The second kappa shape index (κ2) is 7.48. The van der Waals surface area contributed by atoms with Crippen molar-refractivity contribution in [3.05, 3.63) is 130 Å². The number of carbonyl (C=O) groups excluding carboxylic acids is 1. The molecule has 0 fully saturated rings. The number of halogens is 1. The first-order valence-corrected chi connectivity index (χ1v) is 12.5. The zero-order chi connectivity index (χ0) is 24.7. The molecule has 2 aliphatic rings. The van der Waals surface area contributed by atoms with Crippen LogP contribution >= 0.6 is 11.6 Å². The Morgan fingerprint density at radius 3 is 2.05 bits per heavy atom. The van der Waals surface area contributed by atoms with Gasteiger partial charge in [0.2, 0.25) is 0 Å². The molecule has 0 N–H and O–H groups in total. The van der Waals surface area contributed by atoms with Gasteiger partial charge in [0.25, 0.3) is 0 Å². The second-order valence-electron chi connectivity index (χ2n) is 9.40. The molecule has 1 aromatic heterocycles. The summed E-state index contributed by atoms with van der Waals surface area (Å²) < 4.78 is 6.73. The number of allylic oxidation sites excluding steroid dienone is 1. The van der Waals surface area contributed by atoms with Crippen LogP contribution in [-0.4, -0.2) is 15.8 Å². The summed E-state index contributed by atoms with van der Waals surface area (Å²) in [5.74, 6) is 0.923. The van der Waals surface area contributed by atoms with Gasteiger partial charge in [0.15, 0.2) is 5.78 Å². The van der Waals surface area contributed by atoms with Gasteiger partial charge in [-0.25, -0.2) is 9.97 Å². The zero-order valence-corrected chi connectivity index (χ0v) is 20.2. The number of hydrogen-bond donors (Lipinski definition) is 0. The van der Waals surface area contributed by atoms with Gasteiger partial charge < -0.3 is 4.74 Å². The van der Waals surface area contributed by atoms with Gasteiger partial charge in [-0.3, -0.25) is 4.79 Å². The maximum absolute atomic E-state index is 13.9. The number of ether oxygens (including phenoxy) is 1. The maximum atomic E-state index is 13.9. The number of para-hydroxylation sites is 2. The minimum atomic E-state index is -0.390. The highest BCUT2D eigenvalue weighted by Crippen LogP contribution is 2.54. The zero-order valence-electron chi connectivity index (χ0n) is 19.4. The van der Waals surface area contributed by atoms with Crippen molar-refractivity contribution in [1.82, 2.24) is 9.97 Å². The van der Waals surface area contributed by atoms with Crippen LogP contribution in [0, 0.1) is 0 Å². The molecule has 6 aromatic rings. The van der Waals surface area contributed by atoms with Gasteiger partial charge in [0.1, 0.15) is 11.5 Å². The number of Topliss-reactive ketones (excluding diaryl/α,β-unsaturated/α-hetero) is 1. The number of hydrogen-bond acceptors (Lipinski definition) is 4. The van der Waals surface area contributed by atoms with E-state index in [1.807, 2.05) is 84.9 Å². The van der Waals surface area contributed by atoms with Gasteiger partial charge >= 0.3 is 0 Å². The van der Waals surface area contributed by atoms with Crippen molar-refractivity contribution < 1.29 is 9.53 Å². The summed E-state index contributed by atoms with van der Waals surface area (Å²) in [6, 6.07) is 31.3. The molecule has 37 heavy (non-hydrogen) atoms. The molecule has 0 saturated carbocycles. The molecule has 0 saturated heterocycles. The summed E-state index contributed by atoms with van der Waals surface area (Å²) in [5.41, 5.74) is 7.06. The largest absolute Gasteiger partial charge is 0.455 e. The predicted molar refractivity (Wildman–Crippen MR) is 146 cm³/mol. The molecule has 174 valence electrons. The van der Waals surface area contributed by atoms with Crippen LogP contribution in [0.4, 0.5) is 0 Å². The van der Waals surface area contributed by atoms with E-state index in [9.17, 15) is 4.79 Å². The minimum absolute atomic E-state index is 0.0220. The fourth-order valence-electron chi connectivity index (χ4n) is 5.77. The molecule has 0 spiro atoms. The van der Waals surface area contributed by atoms with Crippen molar-refractivity contribution in [2.75, 3.05) is 0 Å². The van der Waals surface area contributed by atoms with E-state index < -0.39 is 5.92 Å². The fraction of sp³-hybridized carbons (Fsp3) is 0.0312. The van der Waals surface area contributed by atoms with Gasteiger partial charge in [-0.05, 0) is 29.8 Å². The van der Waals surface area contributed by atoms with Crippen molar-refractivity contribution in [2.45, 2.75) is 5.92 Å². The topological polar surface area (TPSA) is 52.1 Å². The van der Waals surface area contributed by atoms with E-state index in [0.29, 0.717) is 21.9 Å². The van der Waals surface area contributed by atoms with Gasteiger partial charge in [0.05, 0.1) is 27.6 Å². The average Bonchev–Trinajstić information content (AvgIpc) is 3.23. The van der Waals surface area contributed by atoms with Crippen molar-refractivity contribution in [2.24, 2.45) is 0 Å². The molecule has 1 aliphatic heterocycles. The maximum Gasteiger partial charge on any atom is 0.194 e. The molecule has 5 heteroatoms. The second-order valence-corrected chi connectivity index (χ2v) is 9.84. The van der Waals surface area contributed by atoms with E-state index in [0.717, 1.165) is 55.3 Å². The quantitative estimate of drug-likeness (QED) is 0.173. The molecule has 0 amide bonds. The van der Waals surface area contributed by atoms with Crippen molar-refractivity contribution >= 4 is 56.0 Å². The number of nitrogens with zero attached hydrogens (tertiary/aromatic N) is 2. The third-order valence-electron chi connectivity index (χ3n) is 7.39. The highest BCUT2D eigenvalue weighted by Gasteiger charge is 2.43. The van der Waals surface area contributed by atoms with Gasteiger partial charge in [-0.1, -0.05) is 84.4 Å². The number of aromatic nitrogens is 2. The van der Waals surface area contributed by atoms with Crippen LogP contribution in [0.5, 0.6) is 5.75 Å². The van der Waals surface area contributed by atoms with E-state index in [1.165, 1.54) is 0 Å². The van der Waals surface area contributed by atoms with Crippen molar-refractivity contribution in [3.8, 4) is 5.75 Å². The Morgan fingerprint density at radius 2 is 1.30 bits per heavy atom. The highest BCUT2D eigenvalue weighted by atomic mass is 35.5. The fourth-order valence-corrected chi connectivity index (χ4v) is 5.90. The van der Waals surface area contributed by atoms with Gasteiger partial charge in [0, 0.05) is 38.4 Å². The Morgan fingerprint density at radius 1 is 0.676 bits per heavy atom. The Balaban J connectivity index is 1.56. The first-order chi connectivity index (χ1) is 18.2. The van der Waals surface area contributed by atoms with Crippen molar-refractivity contribution in [3.63, 3.8) is 0 Å². The Labute approximate surface area is 216 Å². The van der Waals surface area contributed by atoms with Crippen LogP contribution in [0.1, 0.15) is 33.0 Å². The summed E-state index contributed by atoms with van der Waals surface area (Å²) in [7, 11) is 0. The monoisotopic (exact) mass is 496 g/mol. The molecule has 0 radical (unpaired) electrons. The summed E-state index contributed by atoms with van der Waals surface area (Å²) in [5, 5.41) is 2.54. The third kappa shape index (κ3) is 2.82. The van der Waals surface area contributed by atoms with Crippen LogP contribution in [0.3, 0.4) is 0 Å². The summed E-state index contributed by atoms with van der Waals surface area (Å²) in [6.45, 7) is 0. The standard InChI is InChI=1S/C32H17ClN2O2/c33-18-15-13-17(14-16-18)25-26-29-28(34-23-11-5-6-12-24(23)35-29)19-7-1-3-9-21(19)31(26)37-32-22-10-4-2-8-20(22)30(36)27(25)32/h1-16,25H. The minimum Gasteiger partial charge on any atom is -0.455 e. The van der Waals surface area contributed by atoms with Crippen LogP contribution in [0.25, 0.3) is 38.6 Å². The van der Waals surface area contributed by atoms with E-state index >= 15 is 0 Å². The lowest BCUT2D eigenvalue weighted by Crippen LogP contribution is -2.18. The summed E-state index contributed by atoms with van der Waals surface area (Å²) in [6.07, 6.45) is 0. The smallest absolute Gasteiger partial charge is 0.194 e. The molecular formula is C32H17ClN2O2. The first-order valence-electron chi connectivity index (χ1n) is 12.1. The first kappa shape index (κ1) is 20.6. The van der Waals surface area contributed by atoms with Crippen LogP contribution in [0.2, 0.25) is 5.02 Å². The lowest BCUT2D eigenvalue weighted by molar-refractivity contribution is 0.103. The molecule has 4 nitrogen and oxygen atoms in total. The number of ketones is 1. The Bertz CT molecular complexity index is 1990. The molecule has 8 rings (SSSR count). The summed E-state index contributed by atoms with van der Waals surface area (Å²) >= 11 is 6.28. The van der Waals surface area contributed by atoms with Crippen molar-refractivity contribution in [1.29, 1.82) is 0 Å². The molecule has 1 aliphatic carbocycles. The van der Waals surface area contributed by atoms with E-state index in [4.69, 9.17) is 26.3 Å². The molecule has 0 bridgehead atoms. The van der Waals surface area contributed by atoms with Crippen LogP contribution in [0.15, 0.2) is 103 Å². The lowest BCUT2D eigenvalue weighted by atomic mass is 9.79. The van der Waals surface area contributed by atoms with Gasteiger partial charge in [-0.15, -0.1) is 0 Å². The van der Waals surface area contributed by atoms with E-state index in [2.05, 4.69) is 12.1 Å². The highest BCUT2D eigenvalue weighted by molar-refractivity contribution is 6.30. The molecular weight excluding hydrogens is 480 g/mol. The third-order valence-corrected chi connectivity index (χ3v) is 7.64. The number of rotatable bonds is 1. The molecule has 2 heterocycles. The molecule has 5 aromatic carbocycles. The number of carbonyl (C=O) groups is 1. The number of benzene rings is 5. The average molecular weight is 497 g/mol. The Kier molecular flexibility index (Phi) is 4.17. The van der Waals surface area contributed by atoms with Crippen LogP contribution < -0.4 is 4.74 Å². The Hall–Kier alpha value is -4.54. The van der Waals surface area contributed by atoms with Gasteiger partial charge in [-0.2, -0.15) is 0 Å². The van der Waals surface area contributed by atoms with E-state index in [-0.39, 0.29) is 5.78 Å². The SMILES string of the molecule is O=C1C2=C(Oc3c(c4nc5ccccc5nc4c4ccccc34)C2c2ccc(Cl)cc2)c2ccccc21. The normalized spacial score (nSPS) is 16.1. The number of fused-ring (bicyclic) bond motifs is 9. The van der Waals surface area contributed by atoms with E-state index in [1.54, 1.807) is 0 Å². The summed E-state index contributed by atoms with van der Waals surface area (Å²) in [4.78, 5) is 24.1. The molecule has 1 atom stereocenters. The molecule has 1 unspecified atom stereocenters. The predicted octanol–water partition coefficient (Wildman–Crippen LogP) is 7.72.